The van der Waals surface area contributed by atoms with Crippen molar-refractivity contribution in [1.29, 1.82) is 0 Å². The van der Waals surface area contributed by atoms with Gasteiger partial charge >= 0.3 is 0 Å². The van der Waals surface area contributed by atoms with Gasteiger partial charge in [-0.1, -0.05) is 28.1 Å². The number of rotatable bonds is 11. The molecule has 0 heterocycles. The van der Waals surface area contributed by atoms with Gasteiger partial charge in [0.05, 0.1) is 12.7 Å². The zero-order chi connectivity index (χ0) is 15.5. The minimum absolute atomic E-state index is 0.304. The van der Waals surface area contributed by atoms with E-state index in [1.807, 2.05) is 0 Å². The summed E-state index contributed by atoms with van der Waals surface area (Å²) in [7, 11) is 1.73. The maximum Gasteiger partial charge on any atom is 0.0587 e. The first-order valence-electron chi connectivity index (χ1n) is 7.67. The van der Waals surface area contributed by atoms with Crippen molar-refractivity contribution in [2.75, 3.05) is 33.4 Å². The van der Waals surface area contributed by atoms with Crippen LogP contribution in [0.25, 0.3) is 0 Å². The predicted octanol–water partition coefficient (Wildman–Crippen LogP) is 3.66. The average Bonchev–Trinajstić information content (AvgIpc) is 2.43. The Morgan fingerprint density at radius 1 is 1.24 bits per heavy atom. The maximum absolute atomic E-state index is 5.70. The Morgan fingerprint density at radius 2 is 2.05 bits per heavy atom. The molecule has 0 bridgehead atoms. The van der Waals surface area contributed by atoms with Gasteiger partial charge in [-0.15, -0.1) is 0 Å². The van der Waals surface area contributed by atoms with Crippen molar-refractivity contribution in [3.05, 3.63) is 34.3 Å². The van der Waals surface area contributed by atoms with E-state index < -0.39 is 0 Å². The SMILES string of the molecule is COCCNCC(CCOC(C)C)Cc1cccc(Br)c1. The first-order chi connectivity index (χ1) is 10.1. The van der Waals surface area contributed by atoms with Crippen LogP contribution in [-0.4, -0.2) is 39.5 Å². The highest BCUT2D eigenvalue weighted by Gasteiger charge is 2.10. The fraction of sp³-hybridized carbons (Fsp3) is 0.647. The standard InChI is InChI=1S/C17H28BrNO2/c1-14(2)21-9-7-16(13-19-8-10-20-3)11-15-5-4-6-17(18)12-15/h4-6,12,14,16,19H,7-11,13H2,1-3H3. The van der Waals surface area contributed by atoms with Crippen LogP contribution in [0.1, 0.15) is 25.8 Å². The fourth-order valence-corrected chi connectivity index (χ4v) is 2.67. The molecule has 1 unspecified atom stereocenters. The molecule has 0 aliphatic rings. The van der Waals surface area contributed by atoms with Gasteiger partial charge in [-0.2, -0.15) is 0 Å². The second kappa shape index (κ2) is 11.2. The smallest absolute Gasteiger partial charge is 0.0587 e. The van der Waals surface area contributed by atoms with Crippen molar-refractivity contribution in [2.24, 2.45) is 5.92 Å². The van der Waals surface area contributed by atoms with E-state index in [0.29, 0.717) is 12.0 Å². The van der Waals surface area contributed by atoms with E-state index in [0.717, 1.165) is 43.6 Å². The van der Waals surface area contributed by atoms with Gasteiger partial charge in [0.2, 0.25) is 0 Å². The number of ether oxygens (including phenoxy) is 2. The summed E-state index contributed by atoms with van der Waals surface area (Å²) in [5.74, 6) is 0.579. The highest BCUT2D eigenvalue weighted by Crippen LogP contribution is 2.17. The summed E-state index contributed by atoms with van der Waals surface area (Å²) in [5.41, 5.74) is 1.37. The highest BCUT2D eigenvalue weighted by atomic mass is 79.9. The minimum Gasteiger partial charge on any atom is -0.383 e. The molecule has 0 amide bonds. The van der Waals surface area contributed by atoms with Crippen LogP contribution in [0.4, 0.5) is 0 Å². The quantitative estimate of drug-likeness (QED) is 0.613. The molecule has 1 aromatic carbocycles. The van der Waals surface area contributed by atoms with Gasteiger partial charge in [0.15, 0.2) is 0 Å². The lowest BCUT2D eigenvalue weighted by Gasteiger charge is -2.19. The van der Waals surface area contributed by atoms with Crippen LogP contribution in [0.5, 0.6) is 0 Å². The largest absolute Gasteiger partial charge is 0.383 e. The van der Waals surface area contributed by atoms with Crippen LogP contribution < -0.4 is 5.32 Å². The van der Waals surface area contributed by atoms with Gasteiger partial charge in [-0.3, -0.25) is 0 Å². The molecule has 0 aliphatic heterocycles. The van der Waals surface area contributed by atoms with Gasteiger partial charge in [0.25, 0.3) is 0 Å². The maximum atomic E-state index is 5.70. The lowest BCUT2D eigenvalue weighted by atomic mass is 9.96. The van der Waals surface area contributed by atoms with Crippen LogP contribution in [-0.2, 0) is 15.9 Å². The number of benzene rings is 1. The summed E-state index contributed by atoms with van der Waals surface area (Å²) in [6.07, 6.45) is 2.45. The Balaban J connectivity index is 2.45. The summed E-state index contributed by atoms with van der Waals surface area (Å²) in [4.78, 5) is 0. The molecule has 0 saturated carbocycles. The number of nitrogens with one attached hydrogen (secondary N) is 1. The van der Waals surface area contributed by atoms with Crippen LogP contribution in [0.15, 0.2) is 28.7 Å². The average molecular weight is 358 g/mol. The number of methoxy groups -OCH3 is 1. The molecular formula is C17H28BrNO2. The predicted molar refractivity (Wildman–Crippen MR) is 91.8 cm³/mol. The van der Waals surface area contributed by atoms with Gasteiger partial charge in [-0.25, -0.2) is 0 Å². The molecule has 1 aromatic rings. The van der Waals surface area contributed by atoms with Crippen molar-refractivity contribution in [1.82, 2.24) is 5.32 Å². The van der Waals surface area contributed by atoms with E-state index in [9.17, 15) is 0 Å². The van der Waals surface area contributed by atoms with E-state index >= 15 is 0 Å². The zero-order valence-corrected chi connectivity index (χ0v) is 15.0. The van der Waals surface area contributed by atoms with E-state index in [-0.39, 0.29) is 0 Å². The van der Waals surface area contributed by atoms with E-state index in [2.05, 4.69) is 59.4 Å². The zero-order valence-electron chi connectivity index (χ0n) is 13.4. The minimum atomic E-state index is 0.304. The number of hydrogen-bond donors (Lipinski definition) is 1. The van der Waals surface area contributed by atoms with Crippen molar-refractivity contribution < 1.29 is 9.47 Å². The van der Waals surface area contributed by atoms with Gasteiger partial charge in [-0.05, 0) is 56.8 Å². The van der Waals surface area contributed by atoms with Crippen molar-refractivity contribution in [3.63, 3.8) is 0 Å². The van der Waals surface area contributed by atoms with Gasteiger partial charge in [0.1, 0.15) is 0 Å². The summed E-state index contributed by atoms with van der Waals surface area (Å²) in [6.45, 7) is 7.64. The summed E-state index contributed by atoms with van der Waals surface area (Å²) >= 11 is 3.54. The molecule has 21 heavy (non-hydrogen) atoms. The molecular weight excluding hydrogens is 330 g/mol. The molecule has 1 rings (SSSR count). The molecule has 0 aliphatic carbocycles. The molecule has 0 radical (unpaired) electrons. The monoisotopic (exact) mass is 357 g/mol. The molecule has 1 N–H and O–H groups in total. The first-order valence-corrected chi connectivity index (χ1v) is 8.46. The molecule has 1 atom stereocenters. The van der Waals surface area contributed by atoms with Crippen molar-refractivity contribution in [2.45, 2.75) is 32.8 Å². The third-order valence-corrected chi connectivity index (χ3v) is 3.80. The van der Waals surface area contributed by atoms with Crippen LogP contribution in [0.2, 0.25) is 0 Å². The summed E-state index contributed by atoms with van der Waals surface area (Å²) < 4.78 is 11.9. The first kappa shape index (κ1) is 18.6. The molecule has 0 fully saturated rings. The molecule has 120 valence electrons. The Labute approximate surface area is 137 Å². The molecule has 3 nitrogen and oxygen atoms in total. The third kappa shape index (κ3) is 9.25. The van der Waals surface area contributed by atoms with Crippen LogP contribution in [0, 0.1) is 5.92 Å². The number of halogens is 1. The third-order valence-electron chi connectivity index (χ3n) is 3.31. The Morgan fingerprint density at radius 3 is 2.71 bits per heavy atom. The number of hydrogen-bond acceptors (Lipinski definition) is 3. The lowest BCUT2D eigenvalue weighted by molar-refractivity contribution is 0.0681. The van der Waals surface area contributed by atoms with Crippen molar-refractivity contribution in [3.8, 4) is 0 Å². The molecule has 0 spiro atoms. The Bertz CT molecular complexity index is 385. The van der Waals surface area contributed by atoms with E-state index in [4.69, 9.17) is 9.47 Å². The fourth-order valence-electron chi connectivity index (χ4n) is 2.22. The second-order valence-corrected chi connectivity index (χ2v) is 6.52. The van der Waals surface area contributed by atoms with Gasteiger partial charge < -0.3 is 14.8 Å². The van der Waals surface area contributed by atoms with E-state index in [1.165, 1.54) is 5.56 Å². The lowest BCUT2D eigenvalue weighted by Crippen LogP contribution is -2.28. The Kier molecular flexibility index (Phi) is 9.92. The molecule has 0 saturated heterocycles. The molecule has 0 aromatic heterocycles. The van der Waals surface area contributed by atoms with Crippen LogP contribution >= 0.6 is 15.9 Å². The summed E-state index contributed by atoms with van der Waals surface area (Å²) in [6, 6.07) is 8.55. The highest BCUT2D eigenvalue weighted by molar-refractivity contribution is 9.10. The van der Waals surface area contributed by atoms with Crippen molar-refractivity contribution >= 4 is 15.9 Å². The molecule has 4 heteroatoms. The Hall–Kier alpha value is -0.420. The normalized spacial score (nSPS) is 12.8. The van der Waals surface area contributed by atoms with Crippen LogP contribution in [0.3, 0.4) is 0 Å². The van der Waals surface area contributed by atoms with Gasteiger partial charge in [0, 0.05) is 24.7 Å². The topological polar surface area (TPSA) is 30.5 Å². The summed E-state index contributed by atoms with van der Waals surface area (Å²) in [5, 5.41) is 3.47. The second-order valence-electron chi connectivity index (χ2n) is 5.61. The van der Waals surface area contributed by atoms with E-state index in [1.54, 1.807) is 7.11 Å².